The maximum atomic E-state index is 13.0. The van der Waals surface area contributed by atoms with Crippen LogP contribution >= 0.6 is 34.5 Å². The summed E-state index contributed by atoms with van der Waals surface area (Å²) in [6.45, 7) is 5.88. The van der Waals surface area contributed by atoms with Gasteiger partial charge >= 0.3 is 0 Å². The first-order valence-electron chi connectivity index (χ1n) is 9.76. The largest absolute Gasteiger partial charge is 0.382 e. The fourth-order valence-corrected chi connectivity index (χ4v) is 4.80. The van der Waals surface area contributed by atoms with E-state index >= 15 is 0 Å². The molecule has 0 spiro atoms. The summed E-state index contributed by atoms with van der Waals surface area (Å²) in [7, 11) is 2.13. The van der Waals surface area contributed by atoms with Crippen LogP contribution in [0.2, 0.25) is 10.0 Å². The number of carbonyl (C=O) groups is 1. The van der Waals surface area contributed by atoms with Crippen molar-refractivity contribution in [2.24, 2.45) is 0 Å². The monoisotopic (exact) mass is 476 g/mol. The molecule has 0 amide bonds. The highest BCUT2D eigenvalue weighted by Gasteiger charge is 2.23. The number of likely N-dealkylation sites (N-methyl/N-ethyl adjacent to an activating group) is 1. The standard InChI is InChI=1S/C21H22Cl2N6OS/c1-12-15(6-7-16(25-12)29-10-8-28(2)9-11-29)26-21-27-20(24)19(31-21)18(30)17-13(22)4-3-5-14(17)23/h3-7H,8-11,24H2,1-2H3,(H,26,27). The molecule has 4 rings (SSSR count). The molecular formula is C21H22Cl2N6OS. The number of carbonyl (C=O) groups excluding carboxylic acids is 1. The van der Waals surface area contributed by atoms with Gasteiger partial charge in [-0.15, -0.1) is 0 Å². The van der Waals surface area contributed by atoms with Crippen molar-refractivity contribution in [3.63, 3.8) is 0 Å². The zero-order chi connectivity index (χ0) is 22.1. The lowest BCUT2D eigenvalue weighted by Crippen LogP contribution is -2.44. The molecule has 31 heavy (non-hydrogen) atoms. The number of anilines is 4. The van der Waals surface area contributed by atoms with E-state index in [1.807, 2.05) is 19.1 Å². The van der Waals surface area contributed by atoms with Gasteiger partial charge in [0.2, 0.25) is 5.78 Å². The second-order valence-electron chi connectivity index (χ2n) is 7.38. The number of nitrogens with zero attached hydrogens (tertiary/aromatic N) is 4. The first kappa shape index (κ1) is 21.8. The van der Waals surface area contributed by atoms with Crippen LogP contribution in [-0.4, -0.2) is 53.9 Å². The minimum absolute atomic E-state index is 0.133. The van der Waals surface area contributed by atoms with E-state index < -0.39 is 0 Å². The van der Waals surface area contributed by atoms with Crippen molar-refractivity contribution < 1.29 is 4.79 Å². The van der Waals surface area contributed by atoms with Gasteiger partial charge < -0.3 is 20.9 Å². The molecule has 1 aromatic carbocycles. The van der Waals surface area contributed by atoms with Crippen LogP contribution in [-0.2, 0) is 0 Å². The van der Waals surface area contributed by atoms with Crippen LogP contribution in [0.5, 0.6) is 0 Å². The number of pyridine rings is 1. The molecule has 1 saturated heterocycles. The van der Waals surface area contributed by atoms with Gasteiger partial charge in [-0.3, -0.25) is 4.79 Å². The summed E-state index contributed by atoms with van der Waals surface area (Å²) in [5.41, 5.74) is 7.90. The number of ketones is 1. The highest BCUT2D eigenvalue weighted by atomic mass is 35.5. The minimum atomic E-state index is -0.348. The van der Waals surface area contributed by atoms with Crippen LogP contribution in [0.1, 0.15) is 20.9 Å². The van der Waals surface area contributed by atoms with Crippen LogP contribution in [0, 0.1) is 6.92 Å². The minimum Gasteiger partial charge on any atom is -0.382 e. The summed E-state index contributed by atoms with van der Waals surface area (Å²) in [5.74, 6) is 0.742. The number of aromatic nitrogens is 2. The Morgan fingerprint density at radius 1 is 1.10 bits per heavy atom. The van der Waals surface area contributed by atoms with Crippen LogP contribution in [0.25, 0.3) is 0 Å². The summed E-state index contributed by atoms with van der Waals surface area (Å²) < 4.78 is 0. The summed E-state index contributed by atoms with van der Waals surface area (Å²) >= 11 is 13.5. The number of aryl methyl sites for hydroxylation is 1. The molecule has 0 saturated carbocycles. The molecule has 0 bridgehead atoms. The molecule has 0 atom stereocenters. The number of benzene rings is 1. The number of nitrogens with two attached hydrogens (primary N) is 1. The lowest BCUT2D eigenvalue weighted by atomic mass is 10.1. The zero-order valence-electron chi connectivity index (χ0n) is 17.2. The molecule has 0 radical (unpaired) electrons. The van der Waals surface area contributed by atoms with Crippen molar-refractivity contribution in [3.05, 3.63) is 56.5 Å². The second kappa shape index (κ2) is 9.00. The van der Waals surface area contributed by atoms with Crippen molar-refractivity contribution in [1.82, 2.24) is 14.9 Å². The van der Waals surface area contributed by atoms with E-state index in [9.17, 15) is 4.79 Å². The molecule has 3 N–H and O–H groups in total. The first-order chi connectivity index (χ1) is 14.8. The molecule has 3 heterocycles. The summed E-state index contributed by atoms with van der Waals surface area (Å²) in [4.78, 5) is 26.9. The molecule has 0 aliphatic carbocycles. The molecule has 3 aromatic rings. The third-order valence-electron chi connectivity index (χ3n) is 5.19. The van der Waals surface area contributed by atoms with Gasteiger partial charge in [0, 0.05) is 26.2 Å². The van der Waals surface area contributed by atoms with Crippen molar-refractivity contribution in [3.8, 4) is 0 Å². The van der Waals surface area contributed by atoms with E-state index in [0.29, 0.717) is 5.13 Å². The Bertz CT molecular complexity index is 1110. The number of rotatable bonds is 5. The molecular weight excluding hydrogens is 455 g/mol. The fraction of sp³-hybridized carbons (Fsp3) is 0.286. The van der Waals surface area contributed by atoms with Crippen LogP contribution in [0.4, 0.5) is 22.5 Å². The summed E-state index contributed by atoms with van der Waals surface area (Å²) in [5, 5.41) is 4.28. The SMILES string of the molecule is Cc1nc(N2CCN(C)CC2)ccc1Nc1nc(N)c(C(=O)c2c(Cl)cccc2Cl)s1. The smallest absolute Gasteiger partial charge is 0.209 e. The van der Waals surface area contributed by atoms with E-state index in [1.54, 1.807) is 18.2 Å². The van der Waals surface area contributed by atoms with Gasteiger partial charge in [-0.05, 0) is 38.2 Å². The van der Waals surface area contributed by atoms with Crippen molar-refractivity contribution >= 4 is 62.8 Å². The number of piperazine rings is 1. The Labute approximate surface area is 194 Å². The van der Waals surface area contributed by atoms with Gasteiger partial charge in [0.05, 0.1) is 27.0 Å². The van der Waals surface area contributed by atoms with Crippen LogP contribution in [0.15, 0.2) is 30.3 Å². The van der Waals surface area contributed by atoms with E-state index in [1.165, 1.54) is 0 Å². The highest BCUT2D eigenvalue weighted by molar-refractivity contribution is 7.18. The van der Waals surface area contributed by atoms with Crippen molar-refractivity contribution in [1.29, 1.82) is 0 Å². The number of hydrogen-bond acceptors (Lipinski definition) is 8. The third kappa shape index (κ3) is 4.62. The Balaban J connectivity index is 1.54. The fourth-order valence-electron chi connectivity index (χ4n) is 3.38. The van der Waals surface area contributed by atoms with Gasteiger partial charge in [0.25, 0.3) is 0 Å². The maximum Gasteiger partial charge on any atom is 0.209 e. The Morgan fingerprint density at radius 2 is 1.77 bits per heavy atom. The van der Waals surface area contributed by atoms with Crippen LogP contribution < -0.4 is 16.0 Å². The summed E-state index contributed by atoms with van der Waals surface area (Å²) in [6.07, 6.45) is 0. The normalized spacial score (nSPS) is 14.6. The highest BCUT2D eigenvalue weighted by Crippen LogP contribution is 2.34. The number of hydrogen-bond donors (Lipinski definition) is 2. The summed E-state index contributed by atoms with van der Waals surface area (Å²) in [6, 6.07) is 8.89. The molecule has 1 fully saturated rings. The Hall–Kier alpha value is -2.39. The molecule has 10 heteroatoms. The number of halogens is 2. The van der Waals surface area contributed by atoms with Crippen molar-refractivity contribution in [2.45, 2.75) is 6.92 Å². The quantitative estimate of drug-likeness (QED) is 0.525. The van der Waals surface area contributed by atoms with Gasteiger partial charge in [-0.25, -0.2) is 9.97 Å². The molecule has 2 aromatic heterocycles. The average molecular weight is 477 g/mol. The predicted molar refractivity (Wildman–Crippen MR) is 128 cm³/mol. The van der Waals surface area contributed by atoms with Gasteiger partial charge in [-0.2, -0.15) is 0 Å². The zero-order valence-corrected chi connectivity index (χ0v) is 19.5. The molecule has 162 valence electrons. The Kier molecular flexibility index (Phi) is 6.34. The van der Waals surface area contributed by atoms with E-state index in [4.69, 9.17) is 33.9 Å². The molecule has 7 nitrogen and oxygen atoms in total. The van der Waals surface area contributed by atoms with Crippen molar-refractivity contribution in [2.75, 3.05) is 49.2 Å². The molecule has 0 unspecified atom stereocenters. The lowest BCUT2D eigenvalue weighted by Gasteiger charge is -2.33. The van der Waals surface area contributed by atoms with E-state index in [0.717, 1.165) is 54.7 Å². The number of nitrogens with one attached hydrogen (secondary N) is 1. The average Bonchev–Trinajstić information content (AvgIpc) is 3.10. The Morgan fingerprint density at radius 3 is 2.42 bits per heavy atom. The van der Waals surface area contributed by atoms with Gasteiger partial charge in [0.1, 0.15) is 16.5 Å². The van der Waals surface area contributed by atoms with Gasteiger partial charge in [-0.1, -0.05) is 40.6 Å². The first-order valence-corrected chi connectivity index (χ1v) is 11.3. The lowest BCUT2D eigenvalue weighted by molar-refractivity contribution is 0.104. The number of thiazole rings is 1. The topological polar surface area (TPSA) is 87.4 Å². The van der Waals surface area contributed by atoms with E-state index in [2.05, 4.69) is 27.1 Å². The maximum absolute atomic E-state index is 13.0. The molecule has 1 aliphatic rings. The van der Waals surface area contributed by atoms with Gasteiger partial charge in [0.15, 0.2) is 5.13 Å². The predicted octanol–water partition coefficient (Wildman–Crippen LogP) is 4.46. The molecule has 1 aliphatic heterocycles. The van der Waals surface area contributed by atoms with Crippen LogP contribution in [0.3, 0.4) is 0 Å². The number of nitrogen functional groups attached to an aromatic ring is 1. The second-order valence-corrected chi connectivity index (χ2v) is 9.19. The third-order valence-corrected chi connectivity index (χ3v) is 6.80. The van der Waals surface area contributed by atoms with E-state index in [-0.39, 0.29) is 32.1 Å².